The minimum absolute atomic E-state index is 0.0224. The summed E-state index contributed by atoms with van der Waals surface area (Å²) in [6.07, 6.45) is 3.25. The lowest BCUT2D eigenvalue weighted by Gasteiger charge is -2.13. The summed E-state index contributed by atoms with van der Waals surface area (Å²) >= 11 is 5.94. The van der Waals surface area contributed by atoms with Crippen LogP contribution in [0, 0.1) is 0 Å². The Morgan fingerprint density at radius 3 is 2.89 bits per heavy atom. The molecular formula is C11H17ClN4O2. The van der Waals surface area contributed by atoms with Crippen molar-refractivity contribution in [1.29, 1.82) is 0 Å². The Labute approximate surface area is 110 Å². The topological polar surface area (TPSA) is 90.0 Å². The SMILES string of the molecule is CCCCn1ncc(NC(C)C(N)=O)c(Cl)c1=O. The minimum Gasteiger partial charge on any atom is -0.371 e. The number of aromatic nitrogens is 2. The first kappa shape index (κ1) is 14.5. The lowest BCUT2D eigenvalue weighted by atomic mass is 10.3. The predicted octanol–water partition coefficient (Wildman–Crippen LogP) is 0.982. The van der Waals surface area contributed by atoms with Crippen LogP contribution in [0.5, 0.6) is 0 Å². The number of primary amides is 1. The third-order valence-corrected chi connectivity index (χ3v) is 2.87. The highest BCUT2D eigenvalue weighted by atomic mass is 35.5. The van der Waals surface area contributed by atoms with Crippen LogP contribution >= 0.6 is 11.6 Å². The van der Waals surface area contributed by atoms with Gasteiger partial charge in [-0.3, -0.25) is 9.59 Å². The Morgan fingerprint density at radius 1 is 1.67 bits per heavy atom. The van der Waals surface area contributed by atoms with Crippen molar-refractivity contribution in [2.24, 2.45) is 5.73 Å². The van der Waals surface area contributed by atoms with Gasteiger partial charge in [-0.15, -0.1) is 0 Å². The summed E-state index contributed by atoms with van der Waals surface area (Å²) in [5, 5.41) is 6.77. The van der Waals surface area contributed by atoms with E-state index in [-0.39, 0.29) is 10.6 Å². The van der Waals surface area contributed by atoms with E-state index >= 15 is 0 Å². The first-order valence-electron chi connectivity index (χ1n) is 5.78. The number of rotatable bonds is 6. The first-order chi connectivity index (χ1) is 8.47. The summed E-state index contributed by atoms with van der Waals surface area (Å²) in [6, 6.07) is -0.616. The van der Waals surface area contributed by atoms with Crippen molar-refractivity contribution in [3.8, 4) is 0 Å². The standard InChI is InChI=1S/C11H17ClN4O2/c1-3-4-5-16-11(18)9(12)8(6-14-16)15-7(2)10(13)17/h6-7,15H,3-5H2,1-2H3,(H2,13,17). The molecule has 1 atom stereocenters. The fourth-order valence-electron chi connectivity index (χ4n) is 1.34. The van der Waals surface area contributed by atoms with Crippen LogP contribution in [-0.4, -0.2) is 21.7 Å². The molecule has 3 N–H and O–H groups in total. The Bertz CT molecular complexity index is 486. The average molecular weight is 273 g/mol. The van der Waals surface area contributed by atoms with Gasteiger partial charge in [0.15, 0.2) is 0 Å². The Morgan fingerprint density at radius 2 is 2.33 bits per heavy atom. The van der Waals surface area contributed by atoms with Gasteiger partial charge in [0.25, 0.3) is 5.56 Å². The molecule has 0 saturated carbocycles. The van der Waals surface area contributed by atoms with E-state index in [0.29, 0.717) is 12.2 Å². The van der Waals surface area contributed by atoms with Crippen molar-refractivity contribution in [3.63, 3.8) is 0 Å². The number of anilines is 1. The van der Waals surface area contributed by atoms with E-state index in [2.05, 4.69) is 10.4 Å². The van der Waals surface area contributed by atoms with Crippen LogP contribution in [0.25, 0.3) is 0 Å². The van der Waals surface area contributed by atoms with Gasteiger partial charge in [0.05, 0.1) is 11.9 Å². The van der Waals surface area contributed by atoms with E-state index in [1.165, 1.54) is 10.9 Å². The summed E-state index contributed by atoms with van der Waals surface area (Å²) in [7, 11) is 0. The highest BCUT2D eigenvalue weighted by molar-refractivity contribution is 6.33. The Kier molecular flexibility index (Phi) is 5.15. The smallest absolute Gasteiger partial charge is 0.287 e. The van der Waals surface area contributed by atoms with Gasteiger partial charge < -0.3 is 11.1 Å². The molecule has 18 heavy (non-hydrogen) atoms. The summed E-state index contributed by atoms with van der Waals surface area (Å²) in [4.78, 5) is 22.8. The van der Waals surface area contributed by atoms with Gasteiger partial charge in [0.1, 0.15) is 11.1 Å². The second-order valence-corrected chi connectivity index (χ2v) is 4.40. The fraction of sp³-hybridized carbons (Fsp3) is 0.545. The van der Waals surface area contributed by atoms with Crippen molar-refractivity contribution >= 4 is 23.2 Å². The zero-order valence-corrected chi connectivity index (χ0v) is 11.2. The largest absolute Gasteiger partial charge is 0.371 e. The number of nitrogens with one attached hydrogen (secondary N) is 1. The molecule has 1 rings (SSSR count). The van der Waals surface area contributed by atoms with Gasteiger partial charge in [-0.05, 0) is 13.3 Å². The lowest BCUT2D eigenvalue weighted by Crippen LogP contribution is -2.34. The summed E-state index contributed by atoms with van der Waals surface area (Å²) < 4.78 is 1.31. The average Bonchev–Trinajstić information content (AvgIpc) is 2.34. The molecule has 1 heterocycles. The molecule has 0 fully saturated rings. The van der Waals surface area contributed by atoms with Gasteiger partial charge in [0, 0.05) is 6.54 Å². The summed E-state index contributed by atoms with van der Waals surface area (Å²) in [5.41, 5.74) is 5.07. The van der Waals surface area contributed by atoms with Crippen LogP contribution in [0.1, 0.15) is 26.7 Å². The number of amides is 1. The van der Waals surface area contributed by atoms with Gasteiger partial charge >= 0.3 is 0 Å². The molecule has 0 spiro atoms. The predicted molar refractivity (Wildman–Crippen MR) is 70.7 cm³/mol. The van der Waals surface area contributed by atoms with E-state index in [0.717, 1.165) is 12.8 Å². The Hall–Kier alpha value is -1.56. The van der Waals surface area contributed by atoms with Crippen molar-refractivity contribution in [2.45, 2.75) is 39.3 Å². The zero-order chi connectivity index (χ0) is 13.7. The molecule has 0 radical (unpaired) electrons. The minimum atomic E-state index is -0.616. The van der Waals surface area contributed by atoms with Crippen molar-refractivity contribution in [1.82, 2.24) is 9.78 Å². The third-order valence-electron chi connectivity index (χ3n) is 2.51. The number of carbonyl (C=O) groups excluding carboxylic acids is 1. The zero-order valence-electron chi connectivity index (χ0n) is 10.4. The van der Waals surface area contributed by atoms with E-state index in [9.17, 15) is 9.59 Å². The second-order valence-electron chi connectivity index (χ2n) is 4.02. The maximum Gasteiger partial charge on any atom is 0.287 e. The number of hydrogen-bond acceptors (Lipinski definition) is 4. The number of unbranched alkanes of at least 4 members (excludes halogenated alkanes) is 1. The van der Waals surface area contributed by atoms with Crippen LogP contribution in [0.2, 0.25) is 5.02 Å². The molecule has 0 aliphatic heterocycles. The quantitative estimate of drug-likeness (QED) is 0.808. The normalized spacial score (nSPS) is 12.2. The maximum atomic E-state index is 11.9. The van der Waals surface area contributed by atoms with Crippen LogP contribution in [0.15, 0.2) is 11.0 Å². The third kappa shape index (κ3) is 3.46. The second kappa shape index (κ2) is 6.39. The van der Waals surface area contributed by atoms with Crippen LogP contribution in [-0.2, 0) is 11.3 Å². The van der Waals surface area contributed by atoms with Crippen LogP contribution in [0.3, 0.4) is 0 Å². The van der Waals surface area contributed by atoms with Gasteiger partial charge in [-0.1, -0.05) is 24.9 Å². The highest BCUT2D eigenvalue weighted by Crippen LogP contribution is 2.16. The number of carbonyl (C=O) groups is 1. The molecular weight excluding hydrogens is 256 g/mol. The number of nitrogens with zero attached hydrogens (tertiary/aromatic N) is 2. The van der Waals surface area contributed by atoms with Crippen LogP contribution < -0.4 is 16.6 Å². The molecule has 0 saturated heterocycles. The number of nitrogens with two attached hydrogens (primary N) is 1. The molecule has 0 aliphatic carbocycles. The molecule has 0 aliphatic rings. The van der Waals surface area contributed by atoms with Crippen LogP contribution in [0.4, 0.5) is 5.69 Å². The van der Waals surface area contributed by atoms with Crippen molar-refractivity contribution in [2.75, 3.05) is 5.32 Å². The molecule has 0 aromatic carbocycles. The first-order valence-corrected chi connectivity index (χ1v) is 6.16. The molecule has 6 nitrogen and oxygen atoms in total. The maximum absolute atomic E-state index is 11.9. The molecule has 1 aromatic heterocycles. The van der Waals surface area contributed by atoms with Gasteiger partial charge in [-0.25, -0.2) is 4.68 Å². The lowest BCUT2D eigenvalue weighted by molar-refractivity contribution is -0.118. The monoisotopic (exact) mass is 272 g/mol. The molecule has 1 aromatic rings. The van der Waals surface area contributed by atoms with E-state index < -0.39 is 11.9 Å². The van der Waals surface area contributed by atoms with Crippen molar-refractivity contribution in [3.05, 3.63) is 21.6 Å². The van der Waals surface area contributed by atoms with Crippen molar-refractivity contribution < 1.29 is 4.79 Å². The fourth-order valence-corrected chi connectivity index (χ4v) is 1.54. The Balaban J connectivity index is 2.94. The van der Waals surface area contributed by atoms with Gasteiger partial charge in [-0.2, -0.15) is 5.10 Å². The molecule has 1 unspecified atom stereocenters. The number of halogens is 1. The molecule has 1 amide bonds. The summed E-state index contributed by atoms with van der Waals surface area (Å²) in [5.74, 6) is -0.527. The van der Waals surface area contributed by atoms with E-state index in [1.807, 2.05) is 6.92 Å². The van der Waals surface area contributed by atoms with E-state index in [1.54, 1.807) is 6.92 Å². The molecule has 0 bridgehead atoms. The highest BCUT2D eigenvalue weighted by Gasteiger charge is 2.13. The molecule has 100 valence electrons. The number of hydrogen-bond donors (Lipinski definition) is 2. The van der Waals surface area contributed by atoms with E-state index in [4.69, 9.17) is 17.3 Å². The number of aryl methyl sites for hydroxylation is 1. The van der Waals surface area contributed by atoms with Gasteiger partial charge in [0.2, 0.25) is 5.91 Å². The molecule has 7 heteroatoms. The summed E-state index contributed by atoms with van der Waals surface area (Å²) in [6.45, 7) is 4.14.